The van der Waals surface area contributed by atoms with Crippen molar-refractivity contribution in [1.82, 2.24) is 14.8 Å². The first-order valence-electron chi connectivity index (χ1n) is 8.11. The van der Waals surface area contributed by atoms with Gasteiger partial charge in [-0.25, -0.2) is 4.98 Å². The zero-order valence-electron chi connectivity index (χ0n) is 14.2. The van der Waals surface area contributed by atoms with Crippen molar-refractivity contribution in [2.45, 2.75) is 27.2 Å². The number of amides is 2. The molecule has 7 heteroatoms. The third-order valence-electron chi connectivity index (χ3n) is 4.14. The number of carbonyl (C=O) groups excluding carboxylic acids is 2. The van der Waals surface area contributed by atoms with Crippen LogP contribution >= 0.6 is 22.7 Å². The van der Waals surface area contributed by atoms with Crippen LogP contribution in [0.2, 0.25) is 0 Å². The van der Waals surface area contributed by atoms with Crippen molar-refractivity contribution in [2.24, 2.45) is 0 Å². The van der Waals surface area contributed by atoms with Crippen molar-refractivity contribution in [3.63, 3.8) is 0 Å². The first-order valence-corrected chi connectivity index (χ1v) is 9.74. The number of hydrogen-bond donors (Lipinski definition) is 0. The topological polar surface area (TPSA) is 53.5 Å². The second-order valence-corrected chi connectivity index (χ2v) is 8.24. The third-order valence-corrected chi connectivity index (χ3v) is 6.42. The molecule has 1 saturated heterocycles. The predicted octanol–water partition coefficient (Wildman–Crippen LogP) is 2.98. The van der Waals surface area contributed by atoms with Gasteiger partial charge in [-0.2, -0.15) is 0 Å². The Balaban J connectivity index is 1.63. The average molecular weight is 364 g/mol. The molecule has 1 aliphatic heterocycles. The van der Waals surface area contributed by atoms with Crippen LogP contribution in [0.3, 0.4) is 0 Å². The van der Waals surface area contributed by atoms with E-state index in [4.69, 9.17) is 0 Å². The van der Waals surface area contributed by atoms with Crippen LogP contribution in [0.4, 0.5) is 0 Å². The fraction of sp³-hybridized carbons (Fsp3) is 0.471. The van der Waals surface area contributed by atoms with E-state index >= 15 is 0 Å². The number of aryl methyl sites for hydroxylation is 3. The molecule has 0 unspecified atom stereocenters. The van der Waals surface area contributed by atoms with Gasteiger partial charge in [-0.05, 0) is 32.4 Å². The summed E-state index contributed by atoms with van der Waals surface area (Å²) in [6.07, 6.45) is 0.849. The van der Waals surface area contributed by atoms with E-state index in [0.717, 1.165) is 31.8 Å². The Morgan fingerprint density at radius 2 is 1.67 bits per heavy atom. The van der Waals surface area contributed by atoms with E-state index in [1.165, 1.54) is 22.7 Å². The minimum atomic E-state index is 0.0452. The zero-order chi connectivity index (χ0) is 17.3. The smallest absolute Gasteiger partial charge is 0.265 e. The first-order chi connectivity index (χ1) is 11.5. The van der Waals surface area contributed by atoms with E-state index in [1.807, 2.05) is 42.7 Å². The molecule has 2 aromatic rings. The number of hydrogen-bond acceptors (Lipinski definition) is 5. The molecule has 2 aromatic heterocycles. The lowest BCUT2D eigenvalue weighted by Gasteiger charge is -2.34. The predicted molar refractivity (Wildman–Crippen MR) is 97.1 cm³/mol. The lowest BCUT2D eigenvalue weighted by atomic mass is 10.2. The molecule has 0 bridgehead atoms. The van der Waals surface area contributed by atoms with Crippen LogP contribution in [0, 0.1) is 13.8 Å². The van der Waals surface area contributed by atoms with Gasteiger partial charge >= 0.3 is 0 Å². The fourth-order valence-corrected chi connectivity index (χ4v) is 4.57. The Morgan fingerprint density at radius 3 is 2.17 bits per heavy atom. The maximum Gasteiger partial charge on any atom is 0.265 e. The van der Waals surface area contributed by atoms with E-state index in [-0.39, 0.29) is 11.8 Å². The lowest BCUT2D eigenvalue weighted by Crippen LogP contribution is -2.50. The van der Waals surface area contributed by atoms with Gasteiger partial charge < -0.3 is 9.80 Å². The van der Waals surface area contributed by atoms with Gasteiger partial charge in [0.15, 0.2) is 0 Å². The van der Waals surface area contributed by atoms with E-state index in [2.05, 4.69) is 4.98 Å². The fourth-order valence-electron chi connectivity index (χ4n) is 2.76. The molecule has 1 fully saturated rings. The van der Waals surface area contributed by atoms with Crippen molar-refractivity contribution in [3.05, 3.63) is 37.5 Å². The molecule has 0 atom stereocenters. The molecule has 3 rings (SSSR count). The number of aromatic nitrogens is 1. The summed E-state index contributed by atoms with van der Waals surface area (Å²) in [4.78, 5) is 35.9. The SMILES string of the molecule is CCc1nc(C)c(C(=O)N2CCN(C(=O)c3ccc(C)s3)CC2)s1. The van der Waals surface area contributed by atoms with Crippen LogP contribution in [0.5, 0.6) is 0 Å². The van der Waals surface area contributed by atoms with Crippen LogP contribution in [0.1, 0.15) is 41.8 Å². The Labute approximate surface area is 149 Å². The van der Waals surface area contributed by atoms with Gasteiger partial charge in [-0.1, -0.05) is 6.92 Å². The third kappa shape index (κ3) is 3.37. The molecular weight excluding hydrogens is 342 g/mol. The Bertz CT molecular complexity index is 758. The molecule has 0 aromatic carbocycles. The van der Waals surface area contributed by atoms with Crippen molar-refractivity contribution < 1.29 is 9.59 Å². The van der Waals surface area contributed by atoms with Gasteiger partial charge in [0.1, 0.15) is 4.88 Å². The van der Waals surface area contributed by atoms with Crippen molar-refractivity contribution in [1.29, 1.82) is 0 Å². The van der Waals surface area contributed by atoms with Crippen LogP contribution < -0.4 is 0 Å². The van der Waals surface area contributed by atoms with Gasteiger partial charge in [-0.3, -0.25) is 9.59 Å². The lowest BCUT2D eigenvalue weighted by molar-refractivity contribution is 0.0540. The summed E-state index contributed by atoms with van der Waals surface area (Å²) in [6.45, 7) is 8.26. The average Bonchev–Trinajstić information content (AvgIpc) is 3.19. The van der Waals surface area contributed by atoms with Crippen molar-refractivity contribution in [2.75, 3.05) is 26.2 Å². The quantitative estimate of drug-likeness (QED) is 0.842. The summed E-state index contributed by atoms with van der Waals surface area (Å²) in [7, 11) is 0. The zero-order valence-corrected chi connectivity index (χ0v) is 15.8. The maximum absolute atomic E-state index is 12.7. The maximum atomic E-state index is 12.7. The molecule has 1 aliphatic rings. The standard InChI is InChI=1S/C17H21N3O2S2/c1-4-14-18-12(3)15(24-14)17(22)20-9-7-19(8-10-20)16(21)13-6-5-11(2)23-13/h5-6H,4,7-10H2,1-3H3. The van der Waals surface area contributed by atoms with E-state index in [1.54, 1.807) is 0 Å². The summed E-state index contributed by atoms with van der Waals surface area (Å²) in [5.41, 5.74) is 0.814. The van der Waals surface area contributed by atoms with Crippen molar-refractivity contribution >= 4 is 34.5 Å². The summed E-state index contributed by atoms with van der Waals surface area (Å²) in [6, 6.07) is 3.85. The molecule has 0 spiro atoms. The minimum Gasteiger partial charge on any atom is -0.334 e. The van der Waals surface area contributed by atoms with E-state index in [9.17, 15) is 9.59 Å². The van der Waals surface area contributed by atoms with E-state index < -0.39 is 0 Å². The highest BCUT2D eigenvalue weighted by atomic mass is 32.1. The highest BCUT2D eigenvalue weighted by Crippen LogP contribution is 2.22. The monoisotopic (exact) mass is 363 g/mol. The van der Waals surface area contributed by atoms with E-state index in [0.29, 0.717) is 26.2 Å². The molecule has 0 N–H and O–H groups in total. The van der Waals surface area contributed by atoms with Crippen LogP contribution in [0.15, 0.2) is 12.1 Å². The second kappa shape index (κ2) is 7.03. The van der Waals surface area contributed by atoms with Gasteiger partial charge in [0, 0.05) is 31.1 Å². The molecule has 3 heterocycles. The Hall–Kier alpha value is -1.73. The molecule has 0 saturated carbocycles. The summed E-state index contributed by atoms with van der Waals surface area (Å²) in [5, 5.41) is 0.998. The number of thiazole rings is 1. The summed E-state index contributed by atoms with van der Waals surface area (Å²) < 4.78 is 0. The number of thiophene rings is 1. The molecule has 0 radical (unpaired) electrons. The molecule has 5 nitrogen and oxygen atoms in total. The van der Waals surface area contributed by atoms with Crippen LogP contribution in [-0.2, 0) is 6.42 Å². The number of rotatable bonds is 3. The highest BCUT2D eigenvalue weighted by molar-refractivity contribution is 7.14. The van der Waals surface area contributed by atoms with Crippen LogP contribution in [0.25, 0.3) is 0 Å². The normalized spacial score (nSPS) is 15.0. The number of nitrogens with zero attached hydrogens (tertiary/aromatic N) is 3. The Kier molecular flexibility index (Phi) is 5.01. The Morgan fingerprint density at radius 1 is 1.04 bits per heavy atom. The molecule has 24 heavy (non-hydrogen) atoms. The number of carbonyl (C=O) groups is 2. The molecule has 0 aliphatic carbocycles. The van der Waals surface area contributed by atoms with Gasteiger partial charge in [-0.15, -0.1) is 22.7 Å². The number of piperazine rings is 1. The van der Waals surface area contributed by atoms with Gasteiger partial charge in [0.2, 0.25) is 0 Å². The van der Waals surface area contributed by atoms with Crippen molar-refractivity contribution in [3.8, 4) is 0 Å². The van der Waals surface area contributed by atoms with Gasteiger partial charge in [0.05, 0.1) is 15.6 Å². The second-order valence-electron chi connectivity index (χ2n) is 5.87. The molecular formula is C17H21N3O2S2. The highest BCUT2D eigenvalue weighted by Gasteiger charge is 2.28. The summed E-state index contributed by atoms with van der Waals surface area (Å²) in [5.74, 6) is 0.117. The first kappa shape index (κ1) is 17.1. The van der Waals surface area contributed by atoms with Gasteiger partial charge in [0.25, 0.3) is 11.8 Å². The minimum absolute atomic E-state index is 0.0452. The van der Waals surface area contributed by atoms with Crippen LogP contribution in [-0.4, -0.2) is 52.8 Å². The molecule has 128 valence electrons. The summed E-state index contributed by atoms with van der Waals surface area (Å²) >= 11 is 3.01. The molecule has 2 amide bonds. The largest absolute Gasteiger partial charge is 0.334 e.